The predicted octanol–water partition coefficient (Wildman–Crippen LogP) is 3.15. The molecule has 0 heterocycles. The summed E-state index contributed by atoms with van der Waals surface area (Å²) >= 11 is 5.50. The number of halogens is 3. The maximum atomic E-state index is 12.2. The van der Waals surface area contributed by atoms with E-state index in [1.165, 1.54) is 12.1 Å². The van der Waals surface area contributed by atoms with Crippen LogP contribution in [0.1, 0.15) is 17.6 Å². The topological polar surface area (TPSA) is 23.8 Å². The lowest BCUT2D eigenvalue weighted by molar-refractivity contribution is 0.151. The Kier molecular flexibility index (Phi) is 2.61. The summed E-state index contributed by atoms with van der Waals surface area (Å²) in [5.74, 6) is 0. The molecule has 0 bridgehead atoms. The van der Waals surface area contributed by atoms with Crippen LogP contribution in [-0.4, -0.2) is 0 Å². The second-order valence-electron chi connectivity index (χ2n) is 2.14. The van der Waals surface area contributed by atoms with E-state index in [0.717, 1.165) is 6.07 Å². The Hall–Kier alpha value is -1.14. The summed E-state index contributed by atoms with van der Waals surface area (Å²) in [6, 6.07) is 5.37. The minimum Gasteiger partial charge on any atom is -0.205 e. The molecule has 0 amide bonds. The quantitative estimate of drug-likeness (QED) is 0.663. The lowest BCUT2D eigenvalue weighted by atomic mass is 10.1. The Balaban J connectivity index is 3.23. The summed E-state index contributed by atoms with van der Waals surface area (Å²) in [4.78, 5) is 0. The summed E-state index contributed by atoms with van der Waals surface area (Å²) in [7, 11) is 0. The third-order valence-electron chi connectivity index (χ3n) is 1.37. The molecule has 1 aromatic rings. The van der Waals surface area contributed by atoms with Gasteiger partial charge in [-0.3, -0.25) is 0 Å². The molecule has 0 aliphatic heterocycles. The van der Waals surface area contributed by atoms with Gasteiger partial charge in [0.15, 0.2) is 0 Å². The molecule has 62 valence electrons. The van der Waals surface area contributed by atoms with Gasteiger partial charge in [-0.15, -0.1) is 0 Å². The van der Waals surface area contributed by atoms with Gasteiger partial charge in [-0.05, 0) is 12.1 Å². The van der Waals surface area contributed by atoms with Crippen molar-refractivity contribution in [2.24, 2.45) is 0 Å². The molecule has 0 fully saturated rings. The minimum atomic E-state index is -2.63. The van der Waals surface area contributed by atoms with E-state index in [1.807, 2.05) is 0 Å². The summed E-state index contributed by atoms with van der Waals surface area (Å²) in [6.07, 6.45) is -2.63. The van der Waals surface area contributed by atoms with E-state index < -0.39 is 6.43 Å². The van der Waals surface area contributed by atoms with E-state index >= 15 is 0 Å². The van der Waals surface area contributed by atoms with Crippen LogP contribution >= 0.6 is 11.6 Å². The molecular formula is C8H4ClF2N. The number of hydrogen-bond acceptors (Lipinski definition) is 1. The largest absolute Gasteiger partial charge is 0.265 e. The van der Waals surface area contributed by atoms with Gasteiger partial charge in [0.05, 0.1) is 11.6 Å². The van der Waals surface area contributed by atoms with E-state index in [1.54, 1.807) is 6.07 Å². The van der Waals surface area contributed by atoms with Crippen LogP contribution in [0.3, 0.4) is 0 Å². The Morgan fingerprint density at radius 3 is 2.58 bits per heavy atom. The zero-order valence-electron chi connectivity index (χ0n) is 5.89. The molecule has 0 aliphatic carbocycles. The van der Waals surface area contributed by atoms with Gasteiger partial charge >= 0.3 is 0 Å². The highest BCUT2D eigenvalue weighted by molar-refractivity contribution is 6.30. The van der Waals surface area contributed by atoms with Crippen LogP contribution in [0.5, 0.6) is 0 Å². The molecule has 0 saturated carbocycles. The molecule has 4 heteroatoms. The van der Waals surface area contributed by atoms with Crippen molar-refractivity contribution in [3.05, 3.63) is 34.3 Å². The van der Waals surface area contributed by atoms with Crippen molar-refractivity contribution in [2.75, 3.05) is 0 Å². The van der Waals surface area contributed by atoms with Crippen LogP contribution in [0.2, 0.25) is 5.02 Å². The molecule has 0 aliphatic rings. The number of nitrogens with zero attached hydrogens (tertiary/aromatic N) is 1. The first-order chi connectivity index (χ1) is 5.65. The van der Waals surface area contributed by atoms with Gasteiger partial charge < -0.3 is 0 Å². The van der Waals surface area contributed by atoms with Crippen molar-refractivity contribution < 1.29 is 8.78 Å². The first-order valence-corrected chi connectivity index (χ1v) is 3.50. The Morgan fingerprint density at radius 1 is 1.42 bits per heavy atom. The standard InChI is InChI=1S/C8H4ClF2N/c9-6-1-2-7(8(10)11)5(3-6)4-12/h1-3,8H. The van der Waals surface area contributed by atoms with Crippen LogP contribution in [0.4, 0.5) is 8.78 Å². The number of benzene rings is 1. The highest BCUT2D eigenvalue weighted by Gasteiger charge is 2.12. The van der Waals surface area contributed by atoms with E-state index in [-0.39, 0.29) is 16.1 Å². The zero-order chi connectivity index (χ0) is 9.14. The number of hydrogen-bond donors (Lipinski definition) is 0. The zero-order valence-corrected chi connectivity index (χ0v) is 6.65. The van der Waals surface area contributed by atoms with Gasteiger partial charge in [0.25, 0.3) is 6.43 Å². The molecule has 12 heavy (non-hydrogen) atoms. The monoisotopic (exact) mass is 187 g/mol. The van der Waals surface area contributed by atoms with Crippen molar-refractivity contribution in [3.63, 3.8) is 0 Å². The third-order valence-corrected chi connectivity index (χ3v) is 1.61. The molecular weight excluding hydrogens is 184 g/mol. The SMILES string of the molecule is N#Cc1cc(Cl)ccc1C(F)F. The normalized spacial score (nSPS) is 9.92. The predicted molar refractivity (Wildman–Crippen MR) is 41.1 cm³/mol. The second kappa shape index (κ2) is 3.51. The van der Waals surface area contributed by atoms with E-state index in [0.29, 0.717) is 0 Å². The van der Waals surface area contributed by atoms with Crippen LogP contribution in [0.15, 0.2) is 18.2 Å². The van der Waals surface area contributed by atoms with Crippen LogP contribution < -0.4 is 0 Å². The summed E-state index contributed by atoms with van der Waals surface area (Å²) in [5.41, 5.74) is -0.348. The van der Waals surface area contributed by atoms with Gasteiger partial charge in [0.1, 0.15) is 0 Å². The summed E-state index contributed by atoms with van der Waals surface area (Å²) in [6.45, 7) is 0. The van der Waals surface area contributed by atoms with Crippen molar-refractivity contribution in [3.8, 4) is 6.07 Å². The maximum absolute atomic E-state index is 12.2. The highest BCUT2D eigenvalue weighted by Crippen LogP contribution is 2.24. The minimum absolute atomic E-state index is 0.0718. The van der Waals surface area contributed by atoms with Gasteiger partial charge in [-0.2, -0.15) is 5.26 Å². The molecule has 1 aromatic carbocycles. The Morgan fingerprint density at radius 2 is 2.08 bits per heavy atom. The lowest BCUT2D eigenvalue weighted by Crippen LogP contribution is -1.89. The second-order valence-corrected chi connectivity index (χ2v) is 2.58. The van der Waals surface area contributed by atoms with E-state index in [9.17, 15) is 8.78 Å². The van der Waals surface area contributed by atoms with Gasteiger partial charge in [-0.25, -0.2) is 8.78 Å². The highest BCUT2D eigenvalue weighted by atomic mass is 35.5. The Bertz CT molecular complexity index is 330. The molecule has 0 saturated heterocycles. The lowest BCUT2D eigenvalue weighted by Gasteiger charge is -2.01. The first kappa shape index (κ1) is 8.95. The molecule has 0 N–H and O–H groups in total. The molecule has 0 spiro atoms. The van der Waals surface area contributed by atoms with Crippen molar-refractivity contribution in [1.82, 2.24) is 0 Å². The fourth-order valence-corrected chi connectivity index (χ4v) is 0.988. The summed E-state index contributed by atoms with van der Waals surface area (Å²) < 4.78 is 24.3. The smallest absolute Gasteiger partial charge is 0.205 e. The van der Waals surface area contributed by atoms with Gasteiger partial charge in [0.2, 0.25) is 0 Å². The molecule has 0 radical (unpaired) electrons. The molecule has 1 nitrogen and oxygen atoms in total. The Labute approximate surface area is 73.2 Å². The van der Waals surface area contributed by atoms with Crippen molar-refractivity contribution in [1.29, 1.82) is 5.26 Å². The van der Waals surface area contributed by atoms with Gasteiger partial charge in [-0.1, -0.05) is 17.7 Å². The average Bonchev–Trinajstić information content (AvgIpc) is 2.03. The van der Waals surface area contributed by atoms with Crippen LogP contribution in [-0.2, 0) is 0 Å². The first-order valence-electron chi connectivity index (χ1n) is 3.13. The van der Waals surface area contributed by atoms with Crippen molar-refractivity contribution in [2.45, 2.75) is 6.43 Å². The van der Waals surface area contributed by atoms with Crippen LogP contribution in [0, 0.1) is 11.3 Å². The molecule has 1 rings (SSSR count). The van der Waals surface area contributed by atoms with Crippen molar-refractivity contribution >= 4 is 11.6 Å². The maximum Gasteiger partial charge on any atom is 0.265 e. The van der Waals surface area contributed by atoms with Gasteiger partial charge in [0, 0.05) is 10.6 Å². The number of rotatable bonds is 1. The fourth-order valence-electron chi connectivity index (χ4n) is 0.816. The number of alkyl halides is 2. The molecule has 0 atom stereocenters. The summed E-state index contributed by atoms with van der Waals surface area (Å²) in [5, 5.41) is 8.74. The van der Waals surface area contributed by atoms with E-state index in [2.05, 4.69) is 0 Å². The third kappa shape index (κ3) is 1.72. The average molecular weight is 188 g/mol. The van der Waals surface area contributed by atoms with E-state index in [4.69, 9.17) is 16.9 Å². The number of nitriles is 1. The van der Waals surface area contributed by atoms with Crippen LogP contribution in [0.25, 0.3) is 0 Å². The molecule has 0 unspecified atom stereocenters. The molecule has 0 aromatic heterocycles. The fraction of sp³-hybridized carbons (Fsp3) is 0.125.